The molecule has 0 bridgehead atoms. The first-order valence-electron chi connectivity index (χ1n) is 13.5. The van der Waals surface area contributed by atoms with Gasteiger partial charge in [0.15, 0.2) is 0 Å². The van der Waals surface area contributed by atoms with Crippen LogP contribution in [0, 0.1) is 0 Å². The molecule has 6 nitrogen and oxygen atoms in total. The van der Waals surface area contributed by atoms with Crippen molar-refractivity contribution < 1.29 is 19.0 Å². The van der Waals surface area contributed by atoms with Crippen molar-refractivity contribution in [3.05, 3.63) is 132 Å². The van der Waals surface area contributed by atoms with Crippen LogP contribution in [0.5, 0.6) is 11.5 Å². The van der Waals surface area contributed by atoms with Gasteiger partial charge in [-0.1, -0.05) is 60.7 Å². The second-order valence-electron chi connectivity index (χ2n) is 9.52. The molecule has 0 saturated carbocycles. The molecule has 0 aliphatic carbocycles. The minimum Gasteiger partial charge on any atom is -0.497 e. The summed E-state index contributed by atoms with van der Waals surface area (Å²) in [6, 6.07) is 35.7. The van der Waals surface area contributed by atoms with Gasteiger partial charge in [0.25, 0.3) is 0 Å². The predicted octanol–water partition coefficient (Wildman–Crippen LogP) is 7.33. The molecule has 4 aromatic carbocycles. The van der Waals surface area contributed by atoms with Crippen molar-refractivity contribution in [2.24, 2.45) is 0 Å². The summed E-state index contributed by atoms with van der Waals surface area (Å²) in [7, 11) is 3.32. The Morgan fingerprint density at radius 1 is 0.775 bits per heavy atom. The number of rotatable bonds is 9. The maximum absolute atomic E-state index is 13.8. The molecule has 6 heteroatoms. The fourth-order valence-corrected chi connectivity index (χ4v) is 5.29. The molecule has 0 radical (unpaired) electrons. The van der Waals surface area contributed by atoms with Crippen molar-refractivity contribution in [2.45, 2.75) is 25.4 Å². The van der Waals surface area contributed by atoms with Crippen LogP contribution in [0.1, 0.15) is 36.6 Å². The van der Waals surface area contributed by atoms with E-state index in [0.29, 0.717) is 12.0 Å². The molecule has 40 heavy (non-hydrogen) atoms. The van der Waals surface area contributed by atoms with Crippen LogP contribution in [-0.4, -0.2) is 26.8 Å². The summed E-state index contributed by atoms with van der Waals surface area (Å²) in [6.07, 6.45) is 0.566. The highest BCUT2D eigenvalue weighted by Gasteiger charge is 2.41. The summed E-state index contributed by atoms with van der Waals surface area (Å²) in [6.45, 7) is 2.12. The number of nitrogens with zero attached hydrogens (tertiary/aromatic N) is 1. The monoisotopic (exact) mass is 534 g/mol. The van der Waals surface area contributed by atoms with Gasteiger partial charge in [0.1, 0.15) is 11.5 Å². The van der Waals surface area contributed by atoms with E-state index in [9.17, 15) is 4.79 Å². The van der Waals surface area contributed by atoms with Gasteiger partial charge in [-0.15, -0.1) is 0 Å². The zero-order chi connectivity index (χ0) is 27.9. The van der Waals surface area contributed by atoms with Crippen LogP contribution in [-0.2, 0) is 9.53 Å². The third-order valence-corrected chi connectivity index (χ3v) is 7.16. The van der Waals surface area contributed by atoms with Gasteiger partial charge in [-0.2, -0.15) is 0 Å². The van der Waals surface area contributed by atoms with E-state index < -0.39 is 6.04 Å². The SMILES string of the molecule is CCOC(=O)C1=C(Nc2ccccc2)C[C@@H](c2ccc(OC)cc2)N(c2ccccc2)[C@@H]1c1ccc(OC)cc1. The summed E-state index contributed by atoms with van der Waals surface area (Å²) in [5.74, 6) is 1.21. The van der Waals surface area contributed by atoms with Crippen molar-refractivity contribution in [3.63, 3.8) is 0 Å². The minimum absolute atomic E-state index is 0.0928. The lowest BCUT2D eigenvalue weighted by Gasteiger charge is -2.46. The molecule has 1 heterocycles. The van der Waals surface area contributed by atoms with Gasteiger partial charge in [-0.25, -0.2) is 4.79 Å². The molecule has 2 atom stereocenters. The van der Waals surface area contributed by atoms with Gasteiger partial charge in [0.05, 0.1) is 38.5 Å². The highest BCUT2D eigenvalue weighted by molar-refractivity contribution is 5.93. The van der Waals surface area contributed by atoms with Crippen LogP contribution in [0.2, 0.25) is 0 Å². The van der Waals surface area contributed by atoms with Crippen LogP contribution in [0.15, 0.2) is 120 Å². The van der Waals surface area contributed by atoms with Crippen LogP contribution in [0.25, 0.3) is 0 Å². The van der Waals surface area contributed by atoms with Crippen LogP contribution < -0.4 is 19.7 Å². The standard InChI is InChI=1S/C34H34N2O4/c1-4-40-34(37)32-30(35-26-11-7-5-8-12-26)23-31(24-15-19-28(38-2)20-16-24)36(27-13-9-6-10-14-27)33(32)25-17-21-29(39-3)22-18-25/h5-22,31,33,35H,4,23H2,1-3H3/t31-,33+/m0/s1. The summed E-state index contributed by atoms with van der Waals surface area (Å²) in [4.78, 5) is 16.1. The first kappa shape index (κ1) is 26.9. The van der Waals surface area contributed by atoms with Crippen LogP contribution >= 0.6 is 0 Å². The number of para-hydroxylation sites is 2. The van der Waals surface area contributed by atoms with E-state index in [4.69, 9.17) is 14.2 Å². The third-order valence-electron chi connectivity index (χ3n) is 7.16. The number of hydrogen-bond donors (Lipinski definition) is 1. The number of esters is 1. The summed E-state index contributed by atoms with van der Waals surface area (Å²) >= 11 is 0. The van der Waals surface area contributed by atoms with Gasteiger partial charge < -0.3 is 24.4 Å². The first-order valence-corrected chi connectivity index (χ1v) is 13.5. The highest BCUT2D eigenvalue weighted by atomic mass is 16.5. The molecule has 0 unspecified atom stereocenters. The van der Waals surface area contributed by atoms with E-state index in [2.05, 4.69) is 34.5 Å². The van der Waals surface area contributed by atoms with E-state index in [1.54, 1.807) is 14.2 Å². The average Bonchev–Trinajstić information content (AvgIpc) is 3.01. The Labute approximate surface area is 235 Å². The Hall–Kier alpha value is -4.71. The Morgan fingerprint density at radius 2 is 1.32 bits per heavy atom. The van der Waals surface area contributed by atoms with E-state index in [0.717, 1.165) is 39.7 Å². The topological polar surface area (TPSA) is 60.0 Å². The fraction of sp³-hybridized carbons (Fsp3) is 0.206. The molecule has 1 N–H and O–H groups in total. The second kappa shape index (κ2) is 12.4. The molecular formula is C34H34N2O4. The zero-order valence-electron chi connectivity index (χ0n) is 23.0. The quantitative estimate of drug-likeness (QED) is 0.227. The van der Waals surface area contributed by atoms with Crippen molar-refractivity contribution >= 4 is 17.3 Å². The second-order valence-corrected chi connectivity index (χ2v) is 9.52. The van der Waals surface area contributed by atoms with E-state index >= 15 is 0 Å². The van der Waals surface area contributed by atoms with Crippen molar-refractivity contribution in [2.75, 3.05) is 31.0 Å². The smallest absolute Gasteiger partial charge is 0.338 e. The molecule has 1 aliphatic heterocycles. The third kappa shape index (κ3) is 5.66. The Bertz CT molecular complexity index is 1440. The molecule has 0 amide bonds. The Balaban J connectivity index is 1.76. The zero-order valence-corrected chi connectivity index (χ0v) is 23.0. The van der Waals surface area contributed by atoms with Gasteiger partial charge in [-0.05, 0) is 66.6 Å². The van der Waals surface area contributed by atoms with Crippen LogP contribution in [0.3, 0.4) is 0 Å². The molecule has 0 spiro atoms. The lowest BCUT2D eigenvalue weighted by molar-refractivity contribution is -0.139. The molecule has 0 aromatic heterocycles. The number of benzene rings is 4. The molecule has 0 saturated heterocycles. The van der Waals surface area contributed by atoms with Gasteiger partial charge >= 0.3 is 5.97 Å². The van der Waals surface area contributed by atoms with Crippen molar-refractivity contribution in [1.82, 2.24) is 0 Å². The highest BCUT2D eigenvalue weighted by Crippen LogP contribution is 2.48. The van der Waals surface area contributed by atoms with Crippen molar-refractivity contribution in [3.8, 4) is 11.5 Å². The lowest BCUT2D eigenvalue weighted by Crippen LogP contribution is -2.41. The number of ether oxygens (including phenoxy) is 3. The Morgan fingerprint density at radius 3 is 1.88 bits per heavy atom. The first-order chi connectivity index (χ1) is 19.6. The van der Waals surface area contributed by atoms with Crippen LogP contribution in [0.4, 0.5) is 11.4 Å². The molecule has 4 aromatic rings. The van der Waals surface area contributed by atoms with Gasteiger partial charge in [0.2, 0.25) is 0 Å². The fourth-order valence-electron chi connectivity index (χ4n) is 5.29. The number of nitrogens with one attached hydrogen (secondary N) is 1. The van der Waals surface area contributed by atoms with Gasteiger partial charge in [-0.3, -0.25) is 0 Å². The number of carbonyl (C=O) groups excluding carboxylic acids is 1. The normalized spacial score (nSPS) is 16.8. The number of hydrogen-bond acceptors (Lipinski definition) is 6. The maximum Gasteiger partial charge on any atom is 0.338 e. The number of carbonyl (C=O) groups is 1. The lowest BCUT2D eigenvalue weighted by atomic mass is 9.84. The molecular weight excluding hydrogens is 500 g/mol. The van der Waals surface area contributed by atoms with Gasteiger partial charge in [0, 0.05) is 23.5 Å². The van der Waals surface area contributed by atoms with E-state index in [1.165, 1.54) is 0 Å². The van der Waals surface area contributed by atoms with E-state index in [-0.39, 0.29) is 18.6 Å². The molecule has 1 aliphatic rings. The largest absolute Gasteiger partial charge is 0.497 e. The molecule has 204 valence electrons. The average molecular weight is 535 g/mol. The summed E-state index contributed by atoms with van der Waals surface area (Å²) < 4.78 is 16.6. The summed E-state index contributed by atoms with van der Waals surface area (Å²) in [5, 5.41) is 3.59. The Kier molecular flexibility index (Phi) is 8.35. The molecule has 5 rings (SSSR count). The van der Waals surface area contributed by atoms with Crippen molar-refractivity contribution in [1.29, 1.82) is 0 Å². The van der Waals surface area contributed by atoms with E-state index in [1.807, 2.05) is 91.9 Å². The number of methoxy groups -OCH3 is 2. The minimum atomic E-state index is -0.431. The number of anilines is 2. The summed E-state index contributed by atoms with van der Waals surface area (Å²) in [5.41, 5.74) is 5.40. The maximum atomic E-state index is 13.8. The molecule has 0 fully saturated rings. The predicted molar refractivity (Wildman–Crippen MR) is 159 cm³/mol.